The summed E-state index contributed by atoms with van der Waals surface area (Å²) in [5, 5.41) is 2.89. The number of aryl methyl sites for hydroxylation is 2. The van der Waals surface area contributed by atoms with Crippen LogP contribution in [-0.2, 0) is 14.8 Å². The fourth-order valence-corrected chi connectivity index (χ4v) is 4.87. The molecule has 0 saturated heterocycles. The Bertz CT molecular complexity index is 1190. The van der Waals surface area contributed by atoms with Gasteiger partial charge in [-0.3, -0.25) is 9.10 Å². The first-order valence-corrected chi connectivity index (χ1v) is 11.7. The second-order valence-corrected chi connectivity index (χ2v) is 9.56. The van der Waals surface area contributed by atoms with Crippen molar-refractivity contribution in [1.29, 1.82) is 0 Å². The van der Waals surface area contributed by atoms with E-state index < -0.39 is 15.9 Å². The van der Waals surface area contributed by atoms with Crippen LogP contribution in [0.3, 0.4) is 0 Å². The number of para-hydroxylation sites is 1. The van der Waals surface area contributed by atoms with Crippen LogP contribution in [0, 0.1) is 13.8 Å². The van der Waals surface area contributed by atoms with E-state index in [1.807, 2.05) is 51.1 Å². The molecule has 7 heteroatoms. The van der Waals surface area contributed by atoms with E-state index in [0.717, 1.165) is 21.0 Å². The van der Waals surface area contributed by atoms with Crippen LogP contribution < -0.4 is 14.4 Å². The molecule has 0 spiro atoms. The lowest BCUT2D eigenvalue weighted by Crippen LogP contribution is -2.41. The van der Waals surface area contributed by atoms with Crippen LogP contribution in [0.25, 0.3) is 0 Å². The van der Waals surface area contributed by atoms with Gasteiger partial charge in [0.1, 0.15) is 12.3 Å². The number of nitrogens with zero attached hydrogens (tertiary/aromatic N) is 1. The summed E-state index contributed by atoms with van der Waals surface area (Å²) in [5.41, 5.74) is 3.10. The molecule has 0 fully saturated rings. The summed E-state index contributed by atoms with van der Waals surface area (Å²) in [6.07, 6.45) is 0. The summed E-state index contributed by atoms with van der Waals surface area (Å²) in [6, 6.07) is 20.7. The summed E-state index contributed by atoms with van der Waals surface area (Å²) < 4.78 is 33.5. The van der Waals surface area contributed by atoms with Crippen molar-refractivity contribution < 1.29 is 17.9 Å². The Labute approximate surface area is 189 Å². The standard InChI is InChI=1S/C25H28N2O4S/c1-18-12-14-22(15-13-18)32(29,30)27(21-9-7-8-19(2)16-21)17-25(28)26-20(3)23-10-5-6-11-24(23)31-4/h5-16,20H,17H2,1-4H3,(H,26,28). The number of methoxy groups -OCH3 is 1. The molecule has 0 aliphatic heterocycles. The molecule has 3 rings (SSSR count). The van der Waals surface area contributed by atoms with Crippen molar-refractivity contribution in [2.24, 2.45) is 0 Å². The van der Waals surface area contributed by atoms with Crippen LogP contribution in [0.5, 0.6) is 5.75 Å². The van der Waals surface area contributed by atoms with E-state index in [2.05, 4.69) is 5.32 Å². The third-order valence-electron chi connectivity index (χ3n) is 5.17. The normalized spacial score (nSPS) is 12.1. The summed E-state index contributed by atoms with van der Waals surface area (Å²) in [4.78, 5) is 13.1. The van der Waals surface area contributed by atoms with Gasteiger partial charge in [0, 0.05) is 5.56 Å². The summed E-state index contributed by atoms with van der Waals surface area (Å²) in [6.45, 7) is 5.26. The number of rotatable bonds is 8. The van der Waals surface area contributed by atoms with Gasteiger partial charge in [-0.1, -0.05) is 48.0 Å². The quantitative estimate of drug-likeness (QED) is 0.550. The van der Waals surface area contributed by atoms with E-state index in [-0.39, 0.29) is 17.5 Å². The number of carbonyl (C=O) groups excluding carboxylic acids is 1. The highest BCUT2D eigenvalue weighted by Gasteiger charge is 2.28. The second-order valence-electron chi connectivity index (χ2n) is 7.69. The van der Waals surface area contributed by atoms with Gasteiger partial charge in [0.2, 0.25) is 5.91 Å². The number of hydrogen-bond donors (Lipinski definition) is 1. The number of amides is 1. The lowest BCUT2D eigenvalue weighted by molar-refractivity contribution is -0.120. The number of benzene rings is 3. The van der Waals surface area contributed by atoms with Crippen LogP contribution in [-0.4, -0.2) is 28.0 Å². The van der Waals surface area contributed by atoms with Crippen molar-refractivity contribution in [1.82, 2.24) is 5.32 Å². The molecule has 0 aliphatic rings. The summed E-state index contributed by atoms with van der Waals surface area (Å²) in [5.74, 6) is 0.240. The predicted molar refractivity (Wildman–Crippen MR) is 126 cm³/mol. The van der Waals surface area contributed by atoms with E-state index in [1.54, 1.807) is 49.6 Å². The number of nitrogens with one attached hydrogen (secondary N) is 1. The molecule has 1 amide bonds. The van der Waals surface area contributed by atoms with Crippen molar-refractivity contribution >= 4 is 21.6 Å². The highest BCUT2D eigenvalue weighted by atomic mass is 32.2. The minimum atomic E-state index is -3.95. The molecular formula is C25H28N2O4S. The number of anilines is 1. The van der Waals surface area contributed by atoms with Crippen LogP contribution in [0.15, 0.2) is 77.7 Å². The number of sulfonamides is 1. The molecule has 32 heavy (non-hydrogen) atoms. The maximum Gasteiger partial charge on any atom is 0.264 e. The van der Waals surface area contributed by atoms with E-state index in [1.165, 1.54) is 0 Å². The second kappa shape index (κ2) is 9.87. The van der Waals surface area contributed by atoms with Gasteiger partial charge in [-0.25, -0.2) is 8.42 Å². The lowest BCUT2D eigenvalue weighted by atomic mass is 10.1. The van der Waals surface area contributed by atoms with Crippen molar-refractivity contribution in [3.63, 3.8) is 0 Å². The zero-order valence-electron chi connectivity index (χ0n) is 18.7. The molecule has 3 aromatic carbocycles. The molecule has 3 aromatic rings. The fourth-order valence-electron chi connectivity index (χ4n) is 3.46. The first-order valence-electron chi connectivity index (χ1n) is 10.3. The Balaban J connectivity index is 1.90. The van der Waals surface area contributed by atoms with E-state index in [9.17, 15) is 13.2 Å². The Morgan fingerprint density at radius 3 is 2.31 bits per heavy atom. The van der Waals surface area contributed by atoms with Crippen molar-refractivity contribution in [2.45, 2.75) is 31.7 Å². The van der Waals surface area contributed by atoms with E-state index >= 15 is 0 Å². The fraction of sp³-hybridized carbons (Fsp3) is 0.240. The van der Waals surface area contributed by atoms with Gasteiger partial charge in [-0.05, 0) is 56.7 Å². The van der Waals surface area contributed by atoms with Gasteiger partial charge >= 0.3 is 0 Å². The van der Waals surface area contributed by atoms with Gasteiger partial charge in [0.05, 0.1) is 23.7 Å². The molecule has 0 aromatic heterocycles. The molecular weight excluding hydrogens is 424 g/mol. The maximum atomic E-state index is 13.5. The van der Waals surface area contributed by atoms with Gasteiger partial charge in [-0.2, -0.15) is 0 Å². The molecule has 0 heterocycles. The molecule has 0 bridgehead atoms. The SMILES string of the molecule is COc1ccccc1C(C)NC(=O)CN(c1cccc(C)c1)S(=O)(=O)c1ccc(C)cc1. The lowest BCUT2D eigenvalue weighted by Gasteiger charge is -2.25. The minimum absolute atomic E-state index is 0.134. The minimum Gasteiger partial charge on any atom is -0.496 e. The summed E-state index contributed by atoms with van der Waals surface area (Å²) >= 11 is 0. The third kappa shape index (κ3) is 5.29. The molecule has 1 N–H and O–H groups in total. The van der Waals surface area contributed by atoms with Crippen molar-refractivity contribution in [3.8, 4) is 5.75 Å². The topological polar surface area (TPSA) is 75.7 Å². The summed E-state index contributed by atoms with van der Waals surface area (Å²) in [7, 11) is -2.38. The van der Waals surface area contributed by atoms with Crippen LogP contribution in [0.2, 0.25) is 0 Å². The number of hydrogen-bond acceptors (Lipinski definition) is 4. The maximum absolute atomic E-state index is 13.5. The van der Waals surface area contributed by atoms with Gasteiger partial charge in [-0.15, -0.1) is 0 Å². The number of carbonyl (C=O) groups is 1. The van der Waals surface area contributed by atoms with Crippen LogP contribution in [0.4, 0.5) is 5.69 Å². The first-order chi connectivity index (χ1) is 15.2. The van der Waals surface area contributed by atoms with Crippen molar-refractivity contribution in [3.05, 3.63) is 89.5 Å². The van der Waals surface area contributed by atoms with E-state index in [4.69, 9.17) is 4.74 Å². The van der Waals surface area contributed by atoms with Gasteiger partial charge in [0.15, 0.2) is 0 Å². The molecule has 168 valence electrons. The largest absolute Gasteiger partial charge is 0.496 e. The Kier molecular flexibility index (Phi) is 7.20. The molecule has 0 aliphatic carbocycles. The van der Waals surface area contributed by atoms with Crippen LogP contribution >= 0.6 is 0 Å². The molecule has 0 saturated carbocycles. The zero-order valence-corrected chi connectivity index (χ0v) is 19.5. The first kappa shape index (κ1) is 23.3. The van der Waals surface area contributed by atoms with Gasteiger partial charge < -0.3 is 10.1 Å². The van der Waals surface area contributed by atoms with Crippen LogP contribution in [0.1, 0.15) is 29.7 Å². The van der Waals surface area contributed by atoms with Crippen molar-refractivity contribution in [2.75, 3.05) is 18.0 Å². The predicted octanol–water partition coefficient (Wildman–Crippen LogP) is 4.38. The zero-order chi connectivity index (χ0) is 23.3. The third-order valence-corrected chi connectivity index (χ3v) is 6.96. The molecule has 0 radical (unpaired) electrons. The monoisotopic (exact) mass is 452 g/mol. The smallest absolute Gasteiger partial charge is 0.264 e. The average molecular weight is 453 g/mol. The highest BCUT2D eigenvalue weighted by Crippen LogP contribution is 2.26. The van der Waals surface area contributed by atoms with Gasteiger partial charge in [0.25, 0.3) is 10.0 Å². The average Bonchev–Trinajstić information content (AvgIpc) is 2.77. The highest BCUT2D eigenvalue weighted by molar-refractivity contribution is 7.92. The molecule has 1 unspecified atom stereocenters. The Morgan fingerprint density at radius 2 is 1.66 bits per heavy atom. The number of ether oxygens (including phenoxy) is 1. The van der Waals surface area contributed by atoms with E-state index in [0.29, 0.717) is 11.4 Å². The molecule has 6 nitrogen and oxygen atoms in total. The Morgan fingerprint density at radius 1 is 0.969 bits per heavy atom. The Hall–Kier alpha value is -3.32. The molecule has 1 atom stereocenters.